The Morgan fingerprint density at radius 3 is 0.919 bits per heavy atom. The van der Waals surface area contributed by atoms with Gasteiger partial charge in [-0.3, -0.25) is 10.1 Å². The summed E-state index contributed by atoms with van der Waals surface area (Å²) in [7, 11) is -5.61. The van der Waals surface area contributed by atoms with Crippen molar-refractivity contribution in [3.63, 3.8) is 0 Å². The highest BCUT2D eigenvalue weighted by atomic mass is 28.4. The van der Waals surface area contributed by atoms with E-state index in [9.17, 15) is 10.1 Å². The SMILES string of the molecule is CC(C)(C)[Si](C)(C)OCCCC(CCCO[Si](C)(C)C(C)(C)C)(CCCO[Si](C)(C)C(C)(C)C)[N+](=O)[O-]. The van der Waals surface area contributed by atoms with Crippen molar-refractivity contribution in [1.29, 1.82) is 0 Å². The van der Waals surface area contributed by atoms with Crippen LogP contribution >= 0.6 is 0 Å². The van der Waals surface area contributed by atoms with Crippen LogP contribution in [-0.2, 0) is 13.3 Å². The molecule has 0 aliphatic rings. The molecule has 0 radical (unpaired) electrons. The Bertz CT molecular complexity index is 620. The Morgan fingerprint density at radius 1 is 0.541 bits per heavy atom. The van der Waals surface area contributed by atoms with Gasteiger partial charge in [0.05, 0.1) is 0 Å². The highest BCUT2D eigenvalue weighted by molar-refractivity contribution is 6.74. The molecule has 222 valence electrons. The molecule has 0 fully saturated rings. The lowest BCUT2D eigenvalue weighted by Crippen LogP contribution is -2.43. The smallest absolute Gasteiger partial charge is 0.222 e. The van der Waals surface area contributed by atoms with Crippen LogP contribution in [0.4, 0.5) is 0 Å². The summed E-state index contributed by atoms with van der Waals surface area (Å²) in [6.07, 6.45) is 3.73. The molecule has 0 unspecified atom stereocenters. The second-order valence-electron chi connectivity index (χ2n) is 15.6. The highest BCUT2D eigenvalue weighted by Crippen LogP contribution is 2.39. The molecule has 0 rings (SSSR count). The summed E-state index contributed by atoms with van der Waals surface area (Å²) in [5.74, 6) is 0. The maximum absolute atomic E-state index is 12.6. The molecule has 0 N–H and O–H groups in total. The van der Waals surface area contributed by atoms with Crippen LogP contribution in [0.15, 0.2) is 0 Å². The van der Waals surface area contributed by atoms with Gasteiger partial charge in [0.15, 0.2) is 25.0 Å². The summed E-state index contributed by atoms with van der Waals surface area (Å²) < 4.78 is 19.1. The fourth-order valence-corrected chi connectivity index (χ4v) is 6.75. The van der Waals surface area contributed by atoms with E-state index in [0.29, 0.717) is 58.3 Å². The lowest BCUT2D eigenvalue weighted by molar-refractivity contribution is -0.574. The van der Waals surface area contributed by atoms with Gasteiger partial charge in [0.1, 0.15) is 0 Å². The van der Waals surface area contributed by atoms with E-state index in [1.807, 2.05) is 0 Å². The zero-order valence-corrected chi connectivity index (χ0v) is 30.4. The maximum Gasteiger partial charge on any atom is 0.222 e. The fraction of sp³-hybridized carbons (Fsp3) is 1.00. The Labute approximate surface area is 233 Å². The molecule has 0 spiro atoms. The Kier molecular flexibility index (Phi) is 13.5. The topological polar surface area (TPSA) is 70.8 Å². The summed E-state index contributed by atoms with van der Waals surface area (Å²) in [5, 5.41) is 13.0. The minimum Gasteiger partial charge on any atom is -0.417 e. The van der Waals surface area contributed by atoms with Crippen LogP contribution in [0.5, 0.6) is 0 Å². The first-order chi connectivity index (χ1) is 16.3. The molecule has 0 aliphatic carbocycles. The van der Waals surface area contributed by atoms with Crippen LogP contribution in [-0.4, -0.2) is 55.2 Å². The molecule has 0 atom stereocenters. The molecule has 0 aliphatic heterocycles. The molecule has 9 heteroatoms. The van der Waals surface area contributed by atoms with Gasteiger partial charge in [-0.1, -0.05) is 62.3 Å². The number of nitrogens with zero attached hydrogens (tertiary/aromatic N) is 1. The van der Waals surface area contributed by atoms with Gasteiger partial charge in [-0.05, 0) is 73.7 Å². The van der Waals surface area contributed by atoms with Gasteiger partial charge in [0, 0.05) is 44.0 Å². The Balaban J connectivity index is 5.38. The van der Waals surface area contributed by atoms with Crippen LogP contribution in [0.3, 0.4) is 0 Å². The lowest BCUT2D eigenvalue weighted by atomic mass is 9.84. The molecule has 0 heterocycles. The van der Waals surface area contributed by atoms with Crippen LogP contribution in [0.2, 0.25) is 54.4 Å². The molecular formula is C28H63NO5Si3. The number of rotatable bonds is 16. The van der Waals surface area contributed by atoms with Crippen molar-refractivity contribution in [2.24, 2.45) is 0 Å². The Hall–Kier alpha value is -0.0694. The third kappa shape index (κ3) is 11.5. The molecular weight excluding hydrogens is 515 g/mol. The van der Waals surface area contributed by atoms with Crippen molar-refractivity contribution in [3.8, 4) is 0 Å². The van der Waals surface area contributed by atoms with Crippen molar-refractivity contribution in [1.82, 2.24) is 0 Å². The summed E-state index contributed by atoms with van der Waals surface area (Å²) in [5.41, 5.74) is -0.954. The average Bonchev–Trinajstić information content (AvgIpc) is 2.68. The second-order valence-corrected chi connectivity index (χ2v) is 30.0. The van der Waals surface area contributed by atoms with Crippen molar-refractivity contribution in [3.05, 3.63) is 10.1 Å². The zero-order valence-electron chi connectivity index (χ0n) is 27.4. The first-order valence-corrected chi connectivity index (χ1v) is 23.1. The fourth-order valence-electron chi connectivity index (χ4n) is 3.48. The maximum atomic E-state index is 12.6. The van der Waals surface area contributed by atoms with Gasteiger partial charge in [-0.2, -0.15) is 0 Å². The predicted octanol–water partition coefficient (Wildman–Crippen LogP) is 9.41. The van der Waals surface area contributed by atoms with E-state index in [1.165, 1.54) is 0 Å². The summed E-state index contributed by atoms with van der Waals surface area (Å²) >= 11 is 0. The molecule has 0 saturated carbocycles. The molecule has 0 saturated heterocycles. The first kappa shape index (κ1) is 36.9. The summed E-state index contributed by atoms with van der Waals surface area (Å²) in [4.78, 5) is 12.6. The molecule has 0 aromatic rings. The molecule has 6 nitrogen and oxygen atoms in total. The number of hydrogen-bond acceptors (Lipinski definition) is 5. The minimum atomic E-state index is -1.87. The predicted molar refractivity (Wildman–Crippen MR) is 167 cm³/mol. The zero-order chi connectivity index (χ0) is 29.6. The van der Waals surface area contributed by atoms with Crippen LogP contribution in [0, 0.1) is 10.1 Å². The molecule has 37 heavy (non-hydrogen) atoms. The van der Waals surface area contributed by atoms with Crippen molar-refractivity contribution < 1.29 is 18.2 Å². The van der Waals surface area contributed by atoms with Crippen molar-refractivity contribution in [2.45, 2.75) is 161 Å². The van der Waals surface area contributed by atoms with Gasteiger partial charge >= 0.3 is 0 Å². The van der Waals surface area contributed by atoms with E-state index in [-0.39, 0.29) is 20.0 Å². The first-order valence-electron chi connectivity index (χ1n) is 14.4. The van der Waals surface area contributed by atoms with Gasteiger partial charge in [0.25, 0.3) is 0 Å². The van der Waals surface area contributed by atoms with E-state index in [1.54, 1.807) is 0 Å². The largest absolute Gasteiger partial charge is 0.417 e. The van der Waals surface area contributed by atoms with Crippen LogP contribution in [0.25, 0.3) is 0 Å². The summed E-state index contributed by atoms with van der Waals surface area (Å²) in [6.45, 7) is 35.3. The quantitative estimate of drug-likeness (QED) is 0.0790. The second kappa shape index (κ2) is 13.5. The average molecular weight is 578 g/mol. The van der Waals surface area contributed by atoms with Gasteiger partial charge in [0.2, 0.25) is 5.54 Å². The van der Waals surface area contributed by atoms with Gasteiger partial charge < -0.3 is 13.3 Å². The normalized spacial score (nSPS) is 14.8. The molecule has 0 amide bonds. The highest BCUT2D eigenvalue weighted by Gasteiger charge is 2.43. The van der Waals surface area contributed by atoms with E-state index in [2.05, 4.69) is 102 Å². The molecule has 0 bridgehead atoms. The Morgan fingerprint density at radius 2 is 0.757 bits per heavy atom. The lowest BCUT2D eigenvalue weighted by Gasteiger charge is -2.37. The van der Waals surface area contributed by atoms with E-state index in [4.69, 9.17) is 13.3 Å². The van der Waals surface area contributed by atoms with Crippen molar-refractivity contribution in [2.75, 3.05) is 19.8 Å². The molecule has 0 aromatic carbocycles. The van der Waals surface area contributed by atoms with E-state index in [0.717, 1.165) is 0 Å². The van der Waals surface area contributed by atoms with E-state index < -0.39 is 30.5 Å². The third-order valence-electron chi connectivity index (χ3n) is 9.55. The van der Waals surface area contributed by atoms with Gasteiger partial charge in [-0.25, -0.2) is 0 Å². The molecule has 0 aromatic heterocycles. The minimum absolute atomic E-state index is 0.00200. The van der Waals surface area contributed by atoms with Gasteiger partial charge in [-0.15, -0.1) is 0 Å². The summed E-state index contributed by atoms with van der Waals surface area (Å²) in [6, 6.07) is 0. The van der Waals surface area contributed by atoms with E-state index >= 15 is 0 Å². The standard InChI is InChI=1S/C28H63NO5Si3/c1-25(2,3)35(10,11)32-22-16-19-28(29(30)31,20-17-23-33-36(12,13)26(4,5)6)21-18-24-34-37(14,15)27(7,8)9/h16-24H2,1-15H3. The monoisotopic (exact) mass is 577 g/mol. The van der Waals surface area contributed by atoms with Crippen LogP contribution in [0.1, 0.15) is 101 Å². The number of hydrogen-bond donors (Lipinski definition) is 0. The van der Waals surface area contributed by atoms with Crippen LogP contribution < -0.4 is 0 Å². The number of nitro groups is 1. The third-order valence-corrected chi connectivity index (χ3v) is 23.2. The van der Waals surface area contributed by atoms with Crippen molar-refractivity contribution >= 4 is 25.0 Å².